The first-order valence-corrected chi connectivity index (χ1v) is 8.05. The lowest BCUT2D eigenvalue weighted by atomic mass is 10.2. The van der Waals surface area contributed by atoms with Gasteiger partial charge in [0.25, 0.3) is 0 Å². The number of anilines is 1. The molecule has 0 saturated carbocycles. The minimum absolute atomic E-state index is 0.0493. The van der Waals surface area contributed by atoms with Gasteiger partial charge in [-0.3, -0.25) is 0 Å². The number of nitrogens with two attached hydrogens (primary N) is 1. The largest absolute Gasteiger partial charge is 0.478 e. The van der Waals surface area contributed by atoms with Gasteiger partial charge in [0.2, 0.25) is 0 Å². The quantitative estimate of drug-likeness (QED) is 0.653. The van der Waals surface area contributed by atoms with Gasteiger partial charge in [0, 0.05) is 11.9 Å². The highest BCUT2D eigenvalue weighted by molar-refractivity contribution is 5.96. The molecule has 0 spiro atoms. The van der Waals surface area contributed by atoms with Crippen molar-refractivity contribution in [3.05, 3.63) is 71.5 Å². The average molecular weight is 377 g/mol. The van der Waals surface area contributed by atoms with Crippen molar-refractivity contribution in [1.82, 2.24) is 4.57 Å². The van der Waals surface area contributed by atoms with Crippen molar-refractivity contribution >= 4 is 17.6 Å². The molecule has 3 rings (SSSR count). The van der Waals surface area contributed by atoms with Crippen LogP contribution in [0.15, 0.2) is 54.7 Å². The van der Waals surface area contributed by atoms with E-state index in [9.17, 15) is 9.59 Å². The number of nitriles is 1. The van der Waals surface area contributed by atoms with Gasteiger partial charge in [-0.25, -0.2) is 9.59 Å². The van der Waals surface area contributed by atoms with Crippen LogP contribution in [0.3, 0.4) is 0 Å². The summed E-state index contributed by atoms with van der Waals surface area (Å²) in [4.78, 5) is 22.9. The van der Waals surface area contributed by atoms with E-state index < -0.39 is 11.9 Å². The number of nitrogens with zero attached hydrogens (tertiary/aromatic N) is 2. The van der Waals surface area contributed by atoms with Gasteiger partial charge in [-0.15, -0.1) is 0 Å². The number of hydrogen-bond acceptors (Lipinski definition) is 6. The van der Waals surface area contributed by atoms with Crippen LogP contribution in [0, 0.1) is 11.3 Å². The van der Waals surface area contributed by atoms with Crippen LogP contribution in [0.4, 0.5) is 5.69 Å². The minimum atomic E-state index is -1.01. The zero-order valence-corrected chi connectivity index (χ0v) is 14.7. The fraction of sp³-hybridized carbons (Fsp3) is 0.0500. The third-order valence-electron chi connectivity index (χ3n) is 4.00. The van der Waals surface area contributed by atoms with Crippen molar-refractivity contribution in [2.75, 3.05) is 12.8 Å². The molecule has 28 heavy (non-hydrogen) atoms. The Balaban J connectivity index is 1.88. The highest BCUT2D eigenvalue weighted by atomic mass is 16.5. The molecule has 0 bridgehead atoms. The Morgan fingerprint density at radius 1 is 1.07 bits per heavy atom. The van der Waals surface area contributed by atoms with Gasteiger partial charge in [0.1, 0.15) is 17.6 Å². The van der Waals surface area contributed by atoms with Crippen molar-refractivity contribution in [1.29, 1.82) is 5.26 Å². The SMILES string of the molecule is COC(=O)c1c(N)c(C#N)cn1-c1ccc(Oc2ccc(C(=O)O)cc2)cc1. The predicted molar refractivity (Wildman–Crippen MR) is 99.7 cm³/mol. The molecule has 3 aromatic rings. The third-order valence-corrected chi connectivity index (χ3v) is 4.00. The van der Waals surface area contributed by atoms with Gasteiger partial charge in [0.05, 0.1) is 23.9 Å². The molecule has 140 valence electrons. The molecule has 0 aliphatic rings. The highest BCUT2D eigenvalue weighted by Gasteiger charge is 2.21. The molecule has 0 amide bonds. The zero-order valence-electron chi connectivity index (χ0n) is 14.7. The molecular formula is C20H15N3O5. The molecule has 0 aliphatic carbocycles. The van der Waals surface area contributed by atoms with Gasteiger partial charge in [-0.1, -0.05) is 0 Å². The molecule has 8 nitrogen and oxygen atoms in total. The maximum absolute atomic E-state index is 12.0. The summed E-state index contributed by atoms with van der Waals surface area (Å²) in [6.07, 6.45) is 1.46. The molecule has 0 saturated heterocycles. The van der Waals surface area contributed by atoms with Crippen LogP contribution >= 0.6 is 0 Å². The van der Waals surface area contributed by atoms with Gasteiger partial charge < -0.3 is 24.9 Å². The maximum atomic E-state index is 12.0. The number of carbonyl (C=O) groups excluding carboxylic acids is 1. The lowest BCUT2D eigenvalue weighted by molar-refractivity contribution is 0.0592. The zero-order chi connectivity index (χ0) is 20.3. The van der Waals surface area contributed by atoms with Gasteiger partial charge in [-0.05, 0) is 48.5 Å². The minimum Gasteiger partial charge on any atom is -0.478 e. The molecule has 0 aliphatic heterocycles. The lowest BCUT2D eigenvalue weighted by Gasteiger charge is -2.10. The Kier molecular flexibility index (Phi) is 5.00. The Bertz CT molecular complexity index is 1080. The van der Waals surface area contributed by atoms with E-state index in [-0.39, 0.29) is 22.5 Å². The average Bonchev–Trinajstić information content (AvgIpc) is 3.04. The third kappa shape index (κ3) is 3.50. The van der Waals surface area contributed by atoms with Crippen molar-refractivity contribution in [2.24, 2.45) is 0 Å². The number of carboxylic acid groups (broad SMARTS) is 1. The molecule has 3 N–H and O–H groups in total. The molecule has 0 radical (unpaired) electrons. The van der Waals surface area contributed by atoms with E-state index in [0.717, 1.165) is 0 Å². The van der Waals surface area contributed by atoms with Crippen molar-refractivity contribution < 1.29 is 24.2 Å². The first-order chi connectivity index (χ1) is 13.4. The Morgan fingerprint density at radius 2 is 1.64 bits per heavy atom. The van der Waals surface area contributed by atoms with Crippen LogP contribution < -0.4 is 10.5 Å². The first kappa shape index (κ1) is 18.5. The molecule has 1 aromatic heterocycles. The fourth-order valence-corrected chi connectivity index (χ4v) is 2.59. The first-order valence-electron chi connectivity index (χ1n) is 8.05. The number of nitrogen functional groups attached to an aromatic ring is 1. The summed E-state index contributed by atoms with van der Waals surface area (Å²) in [5.41, 5.74) is 6.91. The number of methoxy groups -OCH3 is 1. The van der Waals surface area contributed by atoms with Crippen LogP contribution in [-0.2, 0) is 4.74 Å². The van der Waals surface area contributed by atoms with Gasteiger partial charge in [-0.2, -0.15) is 5.26 Å². The van der Waals surface area contributed by atoms with Crippen molar-refractivity contribution in [2.45, 2.75) is 0 Å². The summed E-state index contributed by atoms with van der Waals surface area (Å²) in [7, 11) is 1.23. The number of carbonyl (C=O) groups is 2. The molecular weight excluding hydrogens is 362 g/mol. The van der Waals surface area contributed by atoms with Crippen LogP contribution in [0.5, 0.6) is 11.5 Å². The second-order valence-corrected chi connectivity index (χ2v) is 5.70. The number of rotatable bonds is 5. The number of esters is 1. The molecule has 2 aromatic carbocycles. The molecule has 0 fully saturated rings. The van der Waals surface area contributed by atoms with Crippen LogP contribution in [-0.4, -0.2) is 28.7 Å². The number of aromatic carboxylic acids is 1. The van der Waals surface area contributed by atoms with E-state index in [1.807, 2.05) is 6.07 Å². The smallest absolute Gasteiger partial charge is 0.357 e. The summed E-state index contributed by atoms with van der Waals surface area (Å²) in [5.74, 6) is -0.685. The summed E-state index contributed by atoms with van der Waals surface area (Å²) < 4.78 is 11.9. The second-order valence-electron chi connectivity index (χ2n) is 5.70. The fourth-order valence-electron chi connectivity index (χ4n) is 2.59. The van der Waals surface area contributed by atoms with Crippen molar-refractivity contribution in [3.63, 3.8) is 0 Å². The normalized spacial score (nSPS) is 10.1. The predicted octanol–water partition coefficient (Wildman–Crippen LogP) is 3.21. The Morgan fingerprint density at radius 3 is 2.14 bits per heavy atom. The highest BCUT2D eigenvalue weighted by Crippen LogP contribution is 2.27. The van der Waals surface area contributed by atoms with E-state index in [4.69, 9.17) is 25.6 Å². The van der Waals surface area contributed by atoms with E-state index in [1.165, 1.54) is 30.0 Å². The summed E-state index contributed by atoms with van der Waals surface area (Å²) >= 11 is 0. The van der Waals surface area contributed by atoms with Gasteiger partial charge >= 0.3 is 11.9 Å². The molecule has 8 heteroatoms. The summed E-state index contributed by atoms with van der Waals surface area (Å²) in [5, 5.41) is 18.1. The summed E-state index contributed by atoms with van der Waals surface area (Å²) in [6, 6.07) is 14.7. The van der Waals surface area contributed by atoms with E-state index in [1.54, 1.807) is 36.4 Å². The van der Waals surface area contributed by atoms with Gasteiger partial charge in [0.15, 0.2) is 5.69 Å². The van der Waals surface area contributed by atoms with E-state index in [2.05, 4.69) is 0 Å². The lowest BCUT2D eigenvalue weighted by Crippen LogP contribution is -2.11. The van der Waals surface area contributed by atoms with Crippen molar-refractivity contribution in [3.8, 4) is 23.3 Å². The second kappa shape index (κ2) is 7.55. The number of hydrogen-bond donors (Lipinski definition) is 2. The van der Waals surface area contributed by atoms with E-state index >= 15 is 0 Å². The monoisotopic (exact) mass is 377 g/mol. The molecule has 1 heterocycles. The molecule has 0 atom stereocenters. The standard InChI is InChI=1S/C20H15N3O5/c1-27-20(26)18-17(22)13(10-21)11-23(18)14-4-8-16(9-5-14)28-15-6-2-12(3-7-15)19(24)25/h2-9,11H,22H2,1H3,(H,24,25). The molecule has 0 unspecified atom stereocenters. The van der Waals surface area contributed by atoms with Crippen LogP contribution in [0.25, 0.3) is 5.69 Å². The number of ether oxygens (including phenoxy) is 2. The van der Waals surface area contributed by atoms with E-state index in [0.29, 0.717) is 17.2 Å². The summed E-state index contributed by atoms with van der Waals surface area (Å²) in [6.45, 7) is 0. The number of aromatic nitrogens is 1. The van der Waals surface area contributed by atoms with Crippen LogP contribution in [0.2, 0.25) is 0 Å². The number of carboxylic acids is 1. The maximum Gasteiger partial charge on any atom is 0.357 e. The topological polar surface area (TPSA) is 128 Å². The Hall–Kier alpha value is -4.25. The van der Waals surface area contributed by atoms with Crippen LogP contribution in [0.1, 0.15) is 26.4 Å². The number of benzene rings is 2. The Labute approximate surface area is 160 Å².